The summed E-state index contributed by atoms with van der Waals surface area (Å²) < 4.78 is 67.3. The van der Waals surface area contributed by atoms with Crippen LogP contribution in [-0.4, -0.2) is 25.6 Å². The molecule has 0 aliphatic carbocycles. The predicted molar refractivity (Wildman–Crippen MR) is 83.3 cm³/mol. The van der Waals surface area contributed by atoms with Gasteiger partial charge in [0.05, 0.1) is 10.9 Å². The Bertz CT molecular complexity index is 786. The molecule has 0 bridgehead atoms. The van der Waals surface area contributed by atoms with Gasteiger partial charge in [-0.3, -0.25) is 0 Å². The van der Waals surface area contributed by atoms with Crippen LogP contribution in [0.4, 0.5) is 13.2 Å². The maximum atomic E-state index is 12.8. The number of sulfonamides is 1. The lowest BCUT2D eigenvalue weighted by Crippen LogP contribution is -2.30. The lowest BCUT2D eigenvalue weighted by atomic mass is 10.2. The summed E-state index contributed by atoms with van der Waals surface area (Å²) in [6.45, 7) is 0.395. The monoisotopic (exact) mass is 377 g/mol. The minimum Gasteiger partial charge on any atom is -0.406 e. The van der Waals surface area contributed by atoms with Crippen molar-refractivity contribution in [2.24, 2.45) is 0 Å². The number of alkyl halides is 3. The fraction of sp³-hybridized carbons (Fsp3) is 0.333. The van der Waals surface area contributed by atoms with Crippen molar-refractivity contribution in [2.75, 3.05) is 6.54 Å². The van der Waals surface area contributed by atoms with E-state index in [1.54, 1.807) is 0 Å². The molecule has 1 aliphatic rings. The fourth-order valence-electron chi connectivity index (χ4n) is 2.74. The molecule has 3 rings (SSSR count). The van der Waals surface area contributed by atoms with Crippen LogP contribution in [0.5, 0.6) is 5.75 Å². The Morgan fingerprint density at radius 1 is 1.17 bits per heavy atom. The number of nitrogens with zero attached hydrogens (tertiary/aromatic N) is 1. The lowest BCUT2D eigenvalue weighted by molar-refractivity contribution is -0.274. The van der Waals surface area contributed by atoms with Crippen LogP contribution in [0.2, 0.25) is 0 Å². The summed E-state index contributed by atoms with van der Waals surface area (Å²) in [6.07, 6.45) is -3.33. The van der Waals surface area contributed by atoms with Gasteiger partial charge in [0.1, 0.15) is 5.75 Å². The van der Waals surface area contributed by atoms with E-state index in [0.717, 1.165) is 42.0 Å². The Balaban J connectivity index is 1.85. The highest BCUT2D eigenvalue weighted by Crippen LogP contribution is 2.38. The predicted octanol–water partition coefficient (Wildman–Crippen LogP) is 4.17. The van der Waals surface area contributed by atoms with Crippen molar-refractivity contribution in [1.82, 2.24) is 4.31 Å². The molecule has 4 nitrogen and oxygen atoms in total. The van der Waals surface area contributed by atoms with Crippen LogP contribution in [0.15, 0.2) is 46.7 Å². The van der Waals surface area contributed by atoms with Gasteiger partial charge in [-0.1, -0.05) is 6.07 Å². The molecule has 130 valence electrons. The third kappa shape index (κ3) is 3.57. The van der Waals surface area contributed by atoms with E-state index in [2.05, 4.69) is 4.74 Å². The van der Waals surface area contributed by atoms with E-state index in [4.69, 9.17) is 0 Å². The maximum absolute atomic E-state index is 12.8. The standard InChI is InChI=1S/C15H14F3NO3S2/c16-15(17,18)22-11-5-7-12(8-6-11)24(20,21)19-9-1-3-13(19)14-4-2-10-23-14/h2,4-8,10,13H,1,3,9H2. The summed E-state index contributed by atoms with van der Waals surface area (Å²) in [5, 5.41) is 1.89. The van der Waals surface area contributed by atoms with Crippen LogP contribution in [-0.2, 0) is 10.0 Å². The fourth-order valence-corrected chi connectivity index (χ4v) is 5.36. The molecule has 24 heavy (non-hydrogen) atoms. The van der Waals surface area contributed by atoms with Crippen molar-refractivity contribution in [3.05, 3.63) is 46.7 Å². The molecule has 0 saturated carbocycles. The largest absolute Gasteiger partial charge is 0.573 e. The van der Waals surface area contributed by atoms with Crippen LogP contribution < -0.4 is 4.74 Å². The molecule has 1 aromatic carbocycles. The summed E-state index contributed by atoms with van der Waals surface area (Å²) in [5.74, 6) is -0.447. The first-order valence-electron chi connectivity index (χ1n) is 7.18. The van der Waals surface area contributed by atoms with Gasteiger partial charge in [-0.05, 0) is 48.6 Å². The first-order chi connectivity index (χ1) is 11.3. The van der Waals surface area contributed by atoms with Crippen LogP contribution in [0.3, 0.4) is 0 Å². The summed E-state index contributed by atoms with van der Waals surface area (Å²) in [6, 6.07) is 7.84. The molecule has 2 aromatic rings. The van der Waals surface area contributed by atoms with E-state index in [9.17, 15) is 21.6 Å². The number of halogens is 3. The van der Waals surface area contributed by atoms with E-state index in [1.807, 2.05) is 17.5 Å². The van der Waals surface area contributed by atoms with Crippen molar-refractivity contribution < 1.29 is 26.3 Å². The van der Waals surface area contributed by atoms with Gasteiger partial charge in [-0.15, -0.1) is 24.5 Å². The Morgan fingerprint density at radius 3 is 2.46 bits per heavy atom. The van der Waals surface area contributed by atoms with Gasteiger partial charge < -0.3 is 4.74 Å². The maximum Gasteiger partial charge on any atom is 0.573 e. The molecule has 1 aromatic heterocycles. The second-order valence-electron chi connectivity index (χ2n) is 5.31. The lowest BCUT2D eigenvalue weighted by Gasteiger charge is -2.23. The second-order valence-corrected chi connectivity index (χ2v) is 8.18. The van der Waals surface area contributed by atoms with Crippen molar-refractivity contribution in [2.45, 2.75) is 30.1 Å². The zero-order valence-electron chi connectivity index (χ0n) is 12.4. The van der Waals surface area contributed by atoms with Crippen molar-refractivity contribution >= 4 is 21.4 Å². The average molecular weight is 377 g/mol. The average Bonchev–Trinajstić information content (AvgIpc) is 3.17. The van der Waals surface area contributed by atoms with Crippen LogP contribution in [0.1, 0.15) is 23.8 Å². The Kier molecular flexibility index (Phi) is 4.58. The van der Waals surface area contributed by atoms with Gasteiger partial charge in [-0.2, -0.15) is 4.31 Å². The van der Waals surface area contributed by atoms with Crippen molar-refractivity contribution in [3.63, 3.8) is 0 Å². The molecule has 1 saturated heterocycles. The van der Waals surface area contributed by atoms with E-state index >= 15 is 0 Å². The molecule has 1 atom stereocenters. The first-order valence-corrected chi connectivity index (χ1v) is 9.50. The first kappa shape index (κ1) is 17.2. The molecule has 9 heteroatoms. The van der Waals surface area contributed by atoms with Crippen LogP contribution >= 0.6 is 11.3 Å². The van der Waals surface area contributed by atoms with Gasteiger partial charge in [-0.25, -0.2) is 8.42 Å². The molecule has 2 heterocycles. The normalized spacial score (nSPS) is 19.5. The summed E-state index contributed by atoms with van der Waals surface area (Å²) >= 11 is 1.49. The zero-order chi connectivity index (χ0) is 17.4. The van der Waals surface area contributed by atoms with E-state index in [1.165, 1.54) is 15.6 Å². The molecular formula is C15H14F3NO3S2. The summed E-state index contributed by atoms with van der Waals surface area (Å²) in [5.41, 5.74) is 0. The van der Waals surface area contributed by atoms with Crippen molar-refractivity contribution in [1.29, 1.82) is 0 Å². The summed E-state index contributed by atoms with van der Waals surface area (Å²) in [4.78, 5) is 0.925. The number of benzene rings is 1. The third-order valence-corrected chi connectivity index (χ3v) is 6.64. The minimum absolute atomic E-state index is 0.0412. The van der Waals surface area contributed by atoms with E-state index < -0.39 is 22.1 Å². The molecule has 1 aliphatic heterocycles. The highest BCUT2D eigenvalue weighted by Gasteiger charge is 2.37. The second kappa shape index (κ2) is 6.38. The molecule has 0 amide bonds. The molecular weight excluding hydrogens is 363 g/mol. The van der Waals surface area contributed by atoms with Gasteiger partial charge in [0.15, 0.2) is 0 Å². The van der Waals surface area contributed by atoms with Crippen LogP contribution in [0.25, 0.3) is 0 Å². The molecule has 0 spiro atoms. The number of thiophene rings is 1. The number of rotatable bonds is 4. The van der Waals surface area contributed by atoms with Crippen molar-refractivity contribution in [3.8, 4) is 5.75 Å². The molecule has 0 radical (unpaired) electrons. The quantitative estimate of drug-likeness (QED) is 0.803. The van der Waals surface area contributed by atoms with Gasteiger partial charge in [0.2, 0.25) is 10.0 Å². The Hall–Kier alpha value is -1.58. The Labute approximate surface area is 141 Å². The third-order valence-electron chi connectivity index (χ3n) is 3.74. The van der Waals surface area contributed by atoms with Crippen LogP contribution in [0, 0.1) is 0 Å². The van der Waals surface area contributed by atoms with E-state index in [-0.39, 0.29) is 10.9 Å². The molecule has 1 unspecified atom stereocenters. The van der Waals surface area contributed by atoms with Gasteiger partial charge >= 0.3 is 6.36 Å². The number of hydrogen-bond donors (Lipinski definition) is 0. The Morgan fingerprint density at radius 2 is 1.88 bits per heavy atom. The smallest absolute Gasteiger partial charge is 0.406 e. The summed E-state index contributed by atoms with van der Waals surface area (Å²) in [7, 11) is -3.77. The highest BCUT2D eigenvalue weighted by atomic mass is 32.2. The molecule has 0 N–H and O–H groups in total. The van der Waals surface area contributed by atoms with E-state index in [0.29, 0.717) is 6.54 Å². The topological polar surface area (TPSA) is 46.6 Å². The van der Waals surface area contributed by atoms with Gasteiger partial charge in [0.25, 0.3) is 0 Å². The molecule has 1 fully saturated rings. The SMILES string of the molecule is O=S(=O)(c1ccc(OC(F)(F)F)cc1)N1CCCC1c1cccs1. The zero-order valence-corrected chi connectivity index (χ0v) is 14.0. The number of ether oxygens (including phenoxy) is 1. The number of hydrogen-bond acceptors (Lipinski definition) is 4. The highest BCUT2D eigenvalue weighted by molar-refractivity contribution is 7.89. The minimum atomic E-state index is -4.81. The van der Waals surface area contributed by atoms with Gasteiger partial charge in [0, 0.05) is 11.4 Å².